The van der Waals surface area contributed by atoms with Gasteiger partial charge in [0.25, 0.3) is 0 Å². The highest BCUT2D eigenvalue weighted by atomic mass is 79.9. The van der Waals surface area contributed by atoms with Crippen molar-refractivity contribution in [3.63, 3.8) is 0 Å². The molecule has 0 unspecified atom stereocenters. The number of phenolic OH excluding ortho intramolecular Hbond substituents is 1. The molecule has 1 aromatic carbocycles. The van der Waals surface area contributed by atoms with Gasteiger partial charge in [0, 0.05) is 6.04 Å². The molecule has 0 aromatic heterocycles. The second kappa shape index (κ2) is 7.15. The molecule has 0 amide bonds. The molecule has 1 aromatic rings. The fourth-order valence-corrected chi connectivity index (χ4v) is 1.83. The molecule has 0 aliphatic carbocycles. The number of aromatic hydroxyl groups is 1. The van der Waals surface area contributed by atoms with Crippen LogP contribution in [0.2, 0.25) is 0 Å². The Kier molecular flexibility index (Phi) is 7.04. The van der Waals surface area contributed by atoms with Crippen molar-refractivity contribution in [2.24, 2.45) is 11.7 Å². The summed E-state index contributed by atoms with van der Waals surface area (Å²) in [6.07, 6.45) is 2.11. The lowest BCUT2D eigenvalue weighted by atomic mass is 9.98. The predicted octanol–water partition coefficient (Wildman–Crippen LogP) is 4.01. The lowest BCUT2D eigenvalue weighted by molar-refractivity contribution is 0.470. The normalized spacial score (nSPS) is 12.3. The number of benzene rings is 1. The van der Waals surface area contributed by atoms with Gasteiger partial charge >= 0.3 is 0 Å². The fraction of sp³-hybridized carbons (Fsp3) is 0.500. The van der Waals surface area contributed by atoms with E-state index in [0.29, 0.717) is 10.4 Å². The van der Waals surface area contributed by atoms with E-state index in [-0.39, 0.29) is 24.2 Å². The van der Waals surface area contributed by atoms with Crippen LogP contribution < -0.4 is 5.73 Å². The lowest BCUT2D eigenvalue weighted by Gasteiger charge is -2.14. The number of phenols is 1. The molecule has 0 bridgehead atoms. The summed E-state index contributed by atoms with van der Waals surface area (Å²) < 4.78 is 0.708. The molecule has 0 fully saturated rings. The molecule has 3 N–H and O–H groups in total. The van der Waals surface area contributed by atoms with Crippen LogP contribution in [0.15, 0.2) is 22.7 Å². The van der Waals surface area contributed by atoms with Crippen molar-refractivity contribution in [2.45, 2.75) is 32.7 Å². The van der Waals surface area contributed by atoms with Crippen molar-refractivity contribution in [3.8, 4) is 5.75 Å². The summed E-state index contributed by atoms with van der Waals surface area (Å²) in [7, 11) is 0. The molecule has 92 valence electrons. The van der Waals surface area contributed by atoms with Gasteiger partial charge in [-0.15, -0.1) is 12.4 Å². The first-order chi connectivity index (χ1) is 7.00. The third-order valence-electron chi connectivity index (χ3n) is 2.45. The first-order valence-corrected chi connectivity index (χ1v) is 6.04. The Morgan fingerprint density at radius 2 is 1.94 bits per heavy atom. The topological polar surface area (TPSA) is 46.2 Å². The first-order valence-electron chi connectivity index (χ1n) is 5.24. The molecule has 0 aliphatic heterocycles. The number of nitrogens with two attached hydrogens (primary N) is 1. The minimum atomic E-state index is 0. The summed E-state index contributed by atoms with van der Waals surface area (Å²) in [5, 5.41) is 9.36. The smallest absolute Gasteiger partial charge is 0.129 e. The quantitative estimate of drug-likeness (QED) is 0.882. The molecule has 16 heavy (non-hydrogen) atoms. The van der Waals surface area contributed by atoms with Gasteiger partial charge in [-0.3, -0.25) is 0 Å². The summed E-state index contributed by atoms with van der Waals surface area (Å²) in [5.74, 6) is 0.936. The molecule has 2 nitrogen and oxygen atoms in total. The molecule has 0 saturated heterocycles. The minimum Gasteiger partial charge on any atom is -0.507 e. The van der Waals surface area contributed by atoms with Crippen LogP contribution in [-0.2, 0) is 0 Å². The molecular weight excluding hydrogens is 289 g/mol. The van der Waals surface area contributed by atoms with Crippen LogP contribution in [0, 0.1) is 5.92 Å². The number of halogens is 2. The predicted molar refractivity (Wildman–Crippen MR) is 74.1 cm³/mol. The molecule has 1 rings (SSSR count). The molecule has 4 heteroatoms. The fourth-order valence-electron chi connectivity index (χ4n) is 1.43. The number of hydrogen-bond acceptors (Lipinski definition) is 2. The van der Waals surface area contributed by atoms with E-state index >= 15 is 0 Å². The second-order valence-corrected chi connectivity index (χ2v) is 5.14. The number of hydrogen-bond donors (Lipinski definition) is 2. The van der Waals surface area contributed by atoms with Gasteiger partial charge in [0.05, 0.1) is 4.47 Å². The van der Waals surface area contributed by atoms with Crippen molar-refractivity contribution in [3.05, 3.63) is 28.2 Å². The monoisotopic (exact) mass is 307 g/mol. The van der Waals surface area contributed by atoms with E-state index in [2.05, 4.69) is 29.8 Å². The first kappa shape index (κ1) is 15.8. The molecule has 0 saturated carbocycles. The standard InChI is InChI=1S/C12H18BrNO.ClH/c1-8(2)3-5-11(14)9-4-6-12(15)10(13)7-9;/h4,6-8,11,15H,3,5,14H2,1-2H3;1H/t11-;/m0./s1. The second-order valence-electron chi connectivity index (χ2n) is 4.29. The van der Waals surface area contributed by atoms with Gasteiger partial charge < -0.3 is 10.8 Å². The maximum absolute atomic E-state index is 9.36. The summed E-state index contributed by atoms with van der Waals surface area (Å²) in [5.41, 5.74) is 7.13. The van der Waals surface area contributed by atoms with Crippen LogP contribution in [0.3, 0.4) is 0 Å². The zero-order chi connectivity index (χ0) is 11.4. The maximum atomic E-state index is 9.36. The third-order valence-corrected chi connectivity index (χ3v) is 3.09. The van der Waals surface area contributed by atoms with Gasteiger partial charge in [0.1, 0.15) is 5.75 Å². The Morgan fingerprint density at radius 1 is 1.31 bits per heavy atom. The Bertz CT molecular complexity index is 331. The maximum Gasteiger partial charge on any atom is 0.129 e. The Morgan fingerprint density at radius 3 is 2.44 bits per heavy atom. The van der Waals surface area contributed by atoms with Crippen LogP contribution in [0.4, 0.5) is 0 Å². The summed E-state index contributed by atoms with van der Waals surface area (Å²) >= 11 is 3.29. The zero-order valence-electron chi connectivity index (χ0n) is 9.61. The van der Waals surface area contributed by atoms with Crippen LogP contribution in [-0.4, -0.2) is 5.11 Å². The zero-order valence-corrected chi connectivity index (χ0v) is 12.0. The van der Waals surface area contributed by atoms with Gasteiger partial charge in [0.15, 0.2) is 0 Å². The van der Waals surface area contributed by atoms with E-state index in [1.165, 1.54) is 0 Å². The van der Waals surface area contributed by atoms with Crippen molar-refractivity contribution in [1.29, 1.82) is 0 Å². The molecule has 0 radical (unpaired) electrons. The van der Waals surface area contributed by atoms with Gasteiger partial charge in [-0.25, -0.2) is 0 Å². The van der Waals surface area contributed by atoms with E-state index in [1.807, 2.05) is 12.1 Å². The average Bonchev–Trinajstić information content (AvgIpc) is 2.18. The van der Waals surface area contributed by atoms with E-state index in [1.54, 1.807) is 6.07 Å². The Labute approximate surface area is 112 Å². The van der Waals surface area contributed by atoms with E-state index in [0.717, 1.165) is 18.4 Å². The summed E-state index contributed by atoms with van der Waals surface area (Å²) in [6, 6.07) is 5.50. The highest BCUT2D eigenvalue weighted by Gasteiger charge is 2.08. The average molecular weight is 309 g/mol. The van der Waals surface area contributed by atoms with E-state index in [4.69, 9.17) is 5.73 Å². The summed E-state index contributed by atoms with van der Waals surface area (Å²) in [6.45, 7) is 4.39. The van der Waals surface area contributed by atoms with Gasteiger partial charge in [-0.1, -0.05) is 19.9 Å². The SMILES string of the molecule is CC(C)CC[C@H](N)c1ccc(O)c(Br)c1.Cl. The molecule has 0 heterocycles. The Balaban J connectivity index is 0.00000225. The van der Waals surface area contributed by atoms with Crippen molar-refractivity contribution < 1.29 is 5.11 Å². The van der Waals surface area contributed by atoms with Crippen LogP contribution >= 0.6 is 28.3 Å². The highest BCUT2D eigenvalue weighted by molar-refractivity contribution is 9.10. The highest BCUT2D eigenvalue weighted by Crippen LogP contribution is 2.28. The third kappa shape index (κ3) is 4.73. The minimum absolute atomic E-state index is 0. The molecule has 1 atom stereocenters. The molecular formula is C12H19BrClNO. The van der Waals surface area contributed by atoms with Crippen LogP contribution in [0.1, 0.15) is 38.3 Å². The van der Waals surface area contributed by atoms with Gasteiger partial charge in [-0.2, -0.15) is 0 Å². The van der Waals surface area contributed by atoms with Crippen molar-refractivity contribution in [2.75, 3.05) is 0 Å². The largest absolute Gasteiger partial charge is 0.507 e. The van der Waals surface area contributed by atoms with Crippen molar-refractivity contribution >= 4 is 28.3 Å². The number of rotatable bonds is 4. The summed E-state index contributed by atoms with van der Waals surface area (Å²) in [4.78, 5) is 0. The molecule has 0 spiro atoms. The van der Waals surface area contributed by atoms with E-state index in [9.17, 15) is 5.11 Å². The van der Waals surface area contributed by atoms with Crippen molar-refractivity contribution in [1.82, 2.24) is 0 Å². The van der Waals surface area contributed by atoms with Gasteiger partial charge in [-0.05, 0) is 52.4 Å². The van der Waals surface area contributed by atoms with Gasteiger partial charge in [0.2, 0.25) is 0 Å². The molecule has 0 aliphatic rings. The van der Waals surface area contributed by atoms with E-state index < -0.39 is 0 Å². The van der Waals surface area contributed by atoms with Crippen LogP contribution in [0.5, 0.6) is 5.75 Å². The lowest BCUT2D eigenvalue weighted by Crippen LogP contribution is -2.11. The van der Waals surface area contributed by atoms with Crippen LogP contribution in [0.25, 0.3) is 0 Å². The Hall–Kier alpha value is -0.250.